The van der Waals surface area contributed by atoms with Crippen molar-refractivity contribution in [3.8, 4) is 5.75 Å². The number of nitrogens with zero attached hydrogens (tertiary/aromatic N) is 4. The summed E-state index contributed by atoms with van der Waals surface area (Å²) in [5.41, 5.74) is 0.107. The molecule has 12 heteroatoms. The third-order valence-corrected chi connectivity index (χ3v) is 6.13. The minimum Gasteiger partial charge on any atom is -0.494 e. The fourth-order valence-electron chi connectivity index (χ4n) is 2.69. The number of anilines is 1. The number of rotatable bonds is 9. The van der Waals surface area contributed by atoms with Crippen molar-refractivity contribution < 1.29 is 19.2 Å². The van der Waals surface area contributed by atoms with E-state index < -0.39 is 16.1 Å². The Labute approximate surface area is 191 Å². The van der Waals surface area contributed by atoms with Crippen molar-refractivity contribution in [2.24, 2.45) is 10.1 Å². The summed E-state index contributed by atoms with van der Waals surface area (Å²) in [6.45, 7) is 3.93. The van der Waals surface area contributed by atoms with E-state index in [1.807, 2.05) is 17.5 Å². The van der Waals surface area contributed by atoms with Gasteiger partial charge in [0.2, 0.25) is 5.91 Å². The molecule has 0 spiro atoms. The minimum atomic E-state index is -0.719. The van der Waals surface area contributed by atoms with E-state index in [0.29, 0.717) is 11.7 Å². The van der Waals surface area contributed by atoms with Gasteiger partial charge >= 0.3 is 0 Å². The zero-order valence-corrected chi connectivity index (χ0v) is 18.6. The number of aliphatic imine (C=N–C) groups is 1. The molecule has 1 atom stereocenters. The molecule has 1 saturated heterocycles. The maximum atomic E-state index is 12.9. The number of hydrazone groups is 1. The summed E-state index contributed by atoms with van der Waals surface area (Å²) in [5, 5.41) is 20.6. The number of nitro groups is 1. The van der Waals surface area contributed by atoms with Crippen molar-refractivity contribution >= 4 is 57.7 Å². The highest BCUT2D eigenvalue weighted by Gasteiger charge is 2.39. The molecule has 10 nitrogen and oxygen atoms in total. The summed E-state index contributed by atoms with van der Waals surface area (Å²) in [4.78, 5) is 41.0. The third kappa shape index (κ3) is 5.59. The molecule has 0 radical (unpaired) electrons. The molecule has 2 aromatic rings. The molecule has 1 aliphatic rings. The van der Waals surface area contributed by atoms with Crippen LogP contribution < -0.4 is 10.1 Å². The summed E-state index contributed by atoms with van der Waals surface area (Å²) in [6.07, 6.45) is 3.03. The normalized spacial score (nSPS) is 17.2. The lowest BCUT2D eigenvalue weighted by atomic mass is 10.2. The van der Waals surface area contributed by atoms with Crippen LogP contribution in [-0.4, -0.2) is 52.0 Å². The van der Waals surface area contributed by atoms with E-state index in [-0.39, 0.29) is 29.5 Å². The van der Waals surface area contributed by atoms with Gasteiger partial charge in [0, 0.05) is 17.4 Å². The lowest BCUT2D eigenvalue weighted by Crippen LogP contribution is -2.30. The van der Waals surface area contributed by atoms with Gasteiger partial charge in [-0.2, -0.15) is 10.1 Å². The molecule has 2 amide bonds. The molecule has 1 fully saturated rings. The fourth-order valence-corrected chi connectivity index (χ4v) is 4.34. The number of non-ortho nitro benzene ring substituents is 1. The SMILES string of the molecule is C=CCN=C1SC(CC(=O)Nc2ccc([N+](=O)[O-])cc2OC)C(=O)N1/N=C/c1cccs1. The highest BCUT2D eigenvalue weighted by Crippen LogP contribution is 2.32. The highest BCUT2D eigenvalue weighted by molar-refractivity contribution is 8.15. The number of hydrogen-bond acceptors (Lipinski definition) is 9. The second kappa shape index (κ2) is 10.7. The van der Waals surface area contributed by atoms with Gasteiger partial charge in [0.25, 0.3) is 11.6 Å². The number of thiophene rings is 1. The second-order valence-electron chi connectivity index (χ2n) is 6.32. The number of amides is 2. The van der Waals surface area contributed by atoms with Crippen LogP contribution in [0.4, 0.5) is 11.4 Å². The number of carbonyl (C=O) groups is 2. The van der Waals surface area contributed by atoms with E-state index in [1.165, 1.54) is 41.7 Å². The lowest BCUT2D eigenvalue weighted by molar-refractivity contribution is -0.384. The molecule has 166 valence electrons. The van der Waals surface area contributed by atoms with Crippen LogP contribution in [0.3, 0.4) is 0 Å². The Kier molecular flexibility index (Phi) is 7.73. The first-order chi connectivity index (χ1) is 15.4. The first-order valence-corrected chi connectivity index (χ1v) is 11.0. The topological polar surface area (TPSA) is 126 Å². The summed E-state index contributed by atoms with van der Waals surface area (Å²) < 4.78 is 5.13. The van der Waals surface area contributed by atoms with Gasteiger partial charge in [-0.3, -0.25) is 24.7 Å². The van der Waals surface area contributed by atoms with E-state index in [9.17, 15) is 19.7 Å². The number of amidine groups is 1. The van der Waals surface area contributed by atoms with Crippen molar-refractivity contribution in [2.75, 3.05) is 19.0 Å². The molecule has 2 heterocycles. The Balaban J connectivity index is 1.72. The van der Waals surface area contributed by atoms with Crippen LogP contribution in [0.2, 0.25) is 0 Å². The summed E-state index contributed by atoms with van der Waals surface area (Å²) in [7, 11) is 1.34. The maximum absolute atomic E-state index is 12.9. The Morgan fingerprint density at radius 1 is 1.44 bits per heavy atom. The minimum absolute atomic E-state index is 0.137. The Hall–Kier alpha value is -3.51. The van der Waals surface area contributed by atoms with Crippen molar-refractivity contribution in [3.63, 3.8) is 0 Å². The van der Waals surface area contributed by atoms with Crippen LogP contribution >= 0.6 is 23.1 Å². The van der Waals surface area contributed by atoms with Crippen molar-refractivity contribution in [2.45, 2.75) is 11.7 Å². The third-order valence-electron chi connectivity index (χ3n) is 4.15. The molecule has 0 aliphatic carbocycles. The van der Waals surface area contributed by atoms with Crippen LogP contribution in [0.5, 0.6) is 5.75 Å². The van der Waals surface area contributed by atoms with Gasteiger partial charge in [-0.05, 0) is 17.5 Å². The van der Waals surface area contributed by atoms with Gasteiger partial charge in [-0.1, -0.05) is 23.9 Å². The molecule has 1 aromatic heterocycles. The van der Waals surface area contributed by atoms with E-state index in [4.69, 9.17) is 4.74 Å². The number of nitrogens with one attached hydrogen (secondary N) is 1. The van der Waals surface area contributed by atoms with Crippen LogP contribution in [-0.2, 0) is 9.59 Å². The zero-order valence-electron chi connectivity index (χ0n) is 17.0. The van der Waals surface area contributed by atoms with Gasteiger partial charge in [0.05, 0.1) is 36.5 Å². The smallest absolute Gasteiger partial charge is 0.273 e. The van der Waals surface area contributed by atoms with Gasteiger partial charge < -0.3 is 10.1 Å². The number of ether oxygens (including phenoxy) is 1. The van der Waals surface area contributed by atoms with Crippen LogP contribution in [0.25, 0.3) is 0 Å². The number of hydrogen-bond donors (Lipinski definition) is 1. The highest BCUT2D eigenvalue weighted by atomic mass is 32.2. The van der Waals surface area contributed by atoms with E-state index in [2.05, 4.69) is 22.0 Å². The molecule has 3 rings (SSSR count). The Bertz CT molecular complexity index is 1080. The average molecular weight is 474 g/mol. The molecule has 1 aromatic carbocycles. The van der Waals surface area contributed by atoms with E-state index in [0.717, 1.165) is 16.6 Å². The van der Waals surface area contributed by atoms with E-state index in [1.54, 1.807) is 12.3 Å². The predicted molar refractivity (Wildman–Crippen MR) is 126 cm³/mol. The Morgan fingerprint density at radius 2 is 2.25 bits per heavy atom. The van der Waals surface area contributed by atoms with Gasteiger partial charge in [0.15, 0.2) is 5.17 Å². The molecule has 1 aliphatic heterocycles. The quantitative estimate of drug-likeness (QED) is 0.257. The van der Waals surface area contributed by atoms with E-state index >= 15 is 0 Å². The number of methoxy groups -OCH3 is 1. The second-order valence-corrected chi connectivity index (χ2v) is 8.47. The number of benzene rings is 1. The average Bonchev–Trinajstić information content (AvgIpc) is 3.39. The molecular weight excluding hydrogens is 454 g/mol. The molecular formula is C20H19N5O5S2. The predicted octanol–water partition coefficient (Wildman–Crippen LogP) is 3.51. The zero-order chi connectivity index (χ0) is 23.1. The van der Waals surface area contributed by atoms with Gasteiger partial charge in [-0.15, -0.1) is 17.9 Å². The maximum Gasteiger partial charge on any atom is 0.273 e. The summed E-state index contributed by atoms with van der Waals surface area (Å²) in [5.74, 6) is -0.667. The largest absolute Gasteiger partial charge is 0.494 e. The summed E-state index contributed by atoms with van der Waals surface area (Å²) in [6, 6.07) is 7.59. The molecule has 32 heavy (non-hydrogen) atoms. The molecule has 0 saturated carbocycles. The van der Waals surface area contributed by atoms with Crippen LogP contribution in [0.1, 0.15) is 11.3 Å². The molecule has 0 bridgehead atoms. The van der Waals surface area contributed by atoms with Crippen LogP contribution in [0.15, 0.2) is 58.5 Å². The number of thioether (sulfide) groups is 1. The fraction of sp³-hybridized carbons (Fsp3) is 0.200. The first kappa shape index (κ1) is 23.2. The lowest BCUT2D eigenvalue weighted by Gasteiger charge is -2.11. The summed E-state index contributed by atoms with van der Waals surface area (Å²) >= 11 is 2.62. The monoisotopic (exact) mass is 473 g/mol. The molecule has 1 unspecified atom stereocenters. The van der Waals surface area contributed by atoms with Crippen LogP contribution in [0, 0.1) is 10.1 Å². The number of carbonyl (C=O) groups excluding carboxylic acids is 2. The number of nitro benzene ring substituents is 1. The molecule has 1 N–H and O–H groups in total. The van der Waals surface area contributed by atoms with Crippen molar-refractivity contribution in [3.05, 3.63) is 63.4 Å². The van der Waals surface area contributed by atoms with Crippen molar-refractivity contribution in [1.29, 1.82) is 0 Å². The van der Waals surface area contributed by atoms with Gasteiger partial charge in [0.1, 0.15) is 11.0 Å². The standard InChI is InChI=1S/C20H19N5O5S2/c1-3-8-21-20-24(22-12-14-5-4-9-31-14)19(27)17(32-20)11-18(26)23-15-7-6-13(25(28)29)10-16(15)30-2/h3-7,9-10,12,17H,1,8,11H2,2H3,(H,23,26)/b21-20?,22-12+. The van der Waals surface area contributed by atoms with Gasteiger partial charge in [-0.25, -0.2) is 0 Å². The first-order valence-electron chi connectivity index (χ1n) is 9.28. The van der Waals surface area contributed by atoms with Crippen molar-refractivity contribution in [1.82, 2.24) is 5.01 Å². The Morgan fingerprint density at radius 3 is 2.91 bits per heavy atom.